The van der Waals surface area contributed by atoms with E-state index in [0.29, 0.717) is 23.9 Å². The van der Waals surface area contributed by atoms with Crippen LogP contribution in [0.2, 0.25) is 0 Å². The Labute approximate surface area is 200 Å². The topological polar surface area (TPSA) is 34.2 Å². The molecule has 0 spiro atoms. The van der Waals surface area contributed by atoms with Crippen LogP contribution >= 0.6 is 0 Å². The first-order valence-electron chi connectivity index (χ1n) is 12.4. The van der Waals surface area contributed by atoms with Gasteiger partial charge in [0.15, 0.2) is 0 Å². The number of anilines is 2. The first kappa shape index (κ1) is 24.9. The van der Waals surface area contributed by atoms with Crippen LogP contribution in [0, 0.1) is 13.8 Å². The largest absolute Gasteiger partial charge is 0.353 e. The number of imidazole rings is 1. The molecule has 0 aliphatic heterocycles. The fourth-order valence-corrected chi connectivity index (χ4v) is 4.72. The third kappa shape index (κ3) is 4.95. The van der Waals surface area contributed by atoms with E-state index in [-0.39, 0.29) is 0 Å². The van der Waals surface area contributed by atoms with Crippen LogP contribution in [0.5, 0.6) is 0 Å². The highest BCUT2D eigenvalue weighted by Gasteiger charge is 2.18. The van der Waals surface area contributed by atoms with E-state index < -0.39 is 0 Å². The molecule has 1 N–H and O–H groups in total. The van der Waals surface area contributed by atoms with Gasteiger partial charge in [0, 0.05) is 29.2 Å². The number of benzene rings is 2. The highest BCUT2D eigenvalue weighted by Crippen LogP contribution is 2.37. The molecule has 0 fully saturated rings. The second-order valence-corrected chi connectivity index (χ2v) is 10.3. The normalized spacial score (nSPS) is 11.8. The van der Waals surface area contributed by atoms with Crippen molar-refractivity contribution in [2.45, 2.75) is 93.2 Å². The number of aromatic nitrogens is 2. The first-order valence-corrected chi connectivity index (χ1v) is 12.4. The van der Waals surface area contributed by atoms with Crippen LogP contribution in [0.15, 0.2) is 47.5 Å². The maximum absolute atomic E-state index is 5.27. The standard InChI is InChI=1S/C29H42N4/c1-18(2)24-14-13-15-25(19(3)4)28(24)30-26-16-11-12-17-27(26)31-29-32(20(5)6)22(9)23(10)33(29)21(7)8/h11-21,30H,1-10H3. The predicted octanol–water partition coefficient (Wildman–Crippen LogP) is 8.29. The molecular weight excluding hydrogens is 404 g/mol. The van der Waals surface area contributed by atoms with Crippen LogP contribution in [0.3, 0.4) is 0 Å². The zero-order valence-corrected chi connectivity index (χ0v) is 22.2. The molecule has 0 amide bonds. The van der Waals surface area contributed by atoms with Gasteiger partial charge in [0.2, 0.25) is 5.62 Å². The second kappa shape index (κ2) is 10.0. The van der Waals surface area contributed by atoms with Crippen LogP contribution in [-0.4, -0.2) is 9.13 Å². The maximum Gasteiger partial charge on any atom is 0.211 e. The molecule has 0 saturated carbocycles. The molecule has 0 saturated heterocycles. The van der Waals surface area contributed by atoms with Gasteiger partial charge in [0.25, 0.3) is 0 Å². The molecule has 1 heterocycles. The Morgan fingerprint density at radius 2 is 1.15 bits per heavy atom. The number of para-hydroxylation sites is 3. The predicted molar refractivity (Wildman–Crippen MR) is 142 cm³/mol. The molecule has 0 bridgehead atoms. The maximum atomic E-state index is 5.27. The Bertz CT molecular complexity index is 1110. The minimum atomic E-state index is 0.330. The molecule has 4 nitrogen and oxygen atoms in total. The van der Waals surface area contributed by atoms with Crippen molar-refractivity contribution in [1.29, 1.82) is 0 Å². The van der Waals surface area contributed by atoms with Gasteiger partial charge >= 0.3 is 0 Å². The Morgan fingerprint density at radius 3 is 1.61 bits per heavy atom. The molecule has 3 aromatic rings. The van der Waals surface area contributed by atoms with Crippen molar-refractivity contribution >= 4 is 17.1 Å². The van der Waals surface area contributed by atoms with E-state index in [1.165, 1.54) is 28.2 Å². The lowest BCUT2D eigenvalue weighted by molar-refractivity contribution is 0.503. The summed E-state index contributed by atoms with van der Waals surface area (Å²) in [5.74, 6) is 0.865. The fourth-order valence-electron chi connectivity index (χ4n) is 4.72. The average Bonchev–Trinajstić information content (AvgIpc) is 2.99. The van der Waals surface area contributed by atoms with Gasteiger partial charge in [-0.25, -0.2) is 4.99 Å². The molecule has 0 unspecified atom stereocenters. The van der Waals surface area contributed by atoms with Crippen LogP contribution in [0.25, 0.3) is 0 Å². The lowest BCUT2D eigenvalue weighted by atomic mass is 9.92. The van der Waals surface area contributed by atoms with Crippen LogP contribution in [0.1, 0.15) is 102 Å². The Morgan fingerprint density at radius 1 is 0.667 bits per heavy atom. The second-order valence-electron chi connectivity index (χ2n) is 10.3. The van der Waals surface area contributed by atoms with Crippen molar-refractivity contribution in [3.05, 3.63) is 70.6 Å². The number of hydrogen-bond acceptors (Lipinski definition) is 2. The van der Waals surface area contributed by atoms with E-state index in [2.05, 4.69) is 126 Å². The molecule has 2 aromatic carbocycles. The SMILES string of the molecule is Cc1c(C)n(C(C)C)c(=Nc2ccccc2Nc2c(C(C)C)cccc2C(C)C)n1C(C)C. The van der Waals surface area contributed by atoms with Gasteiger partial charge in [-0.2, -0.15) is 0 Å². The average molecular weight is 447 g/mol. The zero-order chi connectivity index (χ0) is 24.4. The Hall–Kier alpha value is -2.75. The molecule has 178 valence electrons. The van der Waals surface area contributed by atoms with Gasteiger partial charge in [0.1, 0.15) is 0 Å². The lowest BCUT2D eigenvalue weighted by Crippen LogP contribution is -2.29. The summed E-state index contributed by atoms with van der Waals surface area (Å²) < 4.78 is 4.71. The third-order valence-corrected chi connectivity index (χ3v) is 6.47. The summed E-state index contributed by atoms with van der Waals surface area (Å²) in [5.41, 5.74) is 9.44. The molecule has 0 radical (unpaired) electrons. The number of nitrogens with one attached hydrogen (secondary N) is 1. The van der Waals surface area contributed by atoms with Gasteiger partial charge in [-0.1, -0.05) is 58.0 Å². The molecule has 0 aliphatic rings. The van der Waals surface area contributed by atoms with Crippen LogP contribution in [0.4, 0.5) is 17.1 Å². The van der Waals surface area contributed by atoms with E-state index in [4.69, 9.17) is 4.99 Å². The Kier molecular flexibility index (Phi) is 7.56. The molecule has 0 aliphatic carbocycles. The van der Waals surface area contributed by atoms with Gasteiger partial charge in [-0.05, 0) is 76.6 Å². The highest BCUT2D eigenvalue weighted by molar-refractivity contribution is 5.76. The summed E-state index contributed by atoms with van der Waals surface area (Å²) in [7, 11) is 0. The van der Waals surface area contributed by atoms with Gasteiger partial charge in [0.05, 0.1) is 11.4 Å². The summed E-state index contributed by atoms with van der Waals surface area (Å²) in [6, 6.07) is 15.7. The summed E-state index contributed by atoms with van der Waals surface area (Å²) in [6.45, 7) is 22.3. The van der Waals surface area contributed by atoms with Crippen molar-refractivity contribution in [1.82, 2.24) is 9.13 Å². The molecule has 1 aromatic heterocycles. The molecule has 4 heteroatoms. The summed E-state index contributed by atoms with van der Waals surface area (Å²) in [5, 5.41) is 3.80. The van der Waals surface area contributed by atoms with E-state index in [0.717, 1.165) is 17.0 Å². The molecular formula is C29H42N4. The van der Waals surface area contributed by atoms with Gasteiger partial charge in [-0.3, -0.25) is 0 Å². The Balaban J connectivity index is 2.25. The van der Waals surface area contributed by atoms with Gasteiger partial charge < -0.3 is 14.5 Å². The zero-order valence-electron chi connectivity index (χ0n) is 22.2. The van der Waals surface area contributed by atoms with E-state index >= 15 is 0 Å². The quantitative estimate of drug-likeness (QED) is 0.389. The van der Waals surface area contributed by atoms with Gasteiger partial charge in [-0.15, -0.1) is 0 Å². The van der Waals surface area contributed by atoms with E-state index in [1.807, 2.05) is 0 Å². The van der Waals surface area contributed by atoms with Crippen LogP contribution < -0.4 is 10.9 Å². The minimum Gasteiger partial charge on any atom is -0.353 e. The molecule has 0 atom stereocenters. The number of hydrogen-bond donors (Lipinski definition) is 1. The number of rotatable bonds is 7. The van der Waals surface area contributed by atoms with E-state index in [9.17, 15) is 0 Å². The van der Waals surface area contributed by atoms with Crippen molar-refractivity contribution in [3.63, 3.8) is 0 Å². The van der Waals surface area contributed by atoms with Crippen molar-refractivity contribution in [2.24, 2.45) is 4.99 Å². The molecule has 33 heavy (non-hydrogen) atoms. The third-order valence-electron chi connectivity index (χ3n) is 6.47. The molecule has 3 rings (SSSR count). The first-order chi connectivity index (χ1) is 15.5. The number of nitrogens with zero attached hydrogens (tertiary/aromatic N) is 3. The highest BCUT2D eigenvalue weighted by atomic mass is 15.2. The summed E-state index contributed by atoms with van der Waals surface area (Å²) >= 11 is 0. The van der Waals surface area contributed by atoms with Crippen molar-refractivity contribution < 1.29 is 0 Å². The van der Waals surface area contributed by atoms with Crippen molar-refractivity contribution in [3.8, 4) is 0 Å². The van der Waals surface area contributed by atoms with E-state index in [1.54, 1.807) is 0 Å². The summed E-state index contributed by atoms with van der Waals surface area (Å²) in [4.78, 5) is 5.27. The van der Waals surface area contributed by atoms with Crippen molar-refractivity contribution in [2.75, 3.05) is 5.32 Å². The smallest absolute Gasteiger partial charge is 0.211 e. The minimum absolute atomic E-state index is 0.330. The fraction of sp³-hybridized carbons (Fsp3) is 0.483. The summed E-state index contributed by atoms with van der Waals surface area (Å²) in [6.07, 6.45) is 0. The van der Waals surface area contributed by atoms with Crippen LogP contribution in [-0.2, 0) is 0 Å². The lowest BCUT2D eigenvalue weighted by Gasteiger charge is -2.21. The monoisotopic (exact) mass is 446 g/mol.